The van der Waals surface area contributed by atoms with Gasteiger partial charge in [-0.3, -0.25) is 4.55 Å². The summed E-state index contributed by atoms with van der Waals surface area (Å²) in [5.41, 5.74) is 0. The van der Waals surface area contributed by atoms with E-state index in [9.17, 15) is 13.5 Å². The van der Waals surface area contributed by atoms with Crippen molar-refractivity contribution in [2.24, 2.45) is 4.99 Å². The van der Waals surface area contributed by atoms with Crippen LogP contribution in [-0.4, -0.2) is 31.2 Å². The fraction of sp³-hybridized carbons (Fsp3) is 0.769. The average Bonchev–Trinajstić information content (AvgIpc) is 2.31. The Balaban J connectivity index is 0. The van der Waals surface area contributed by atoms with Gasteiger partial charge in [-0.15, -0.1) is 0 Å². The number of unbranched alkanes of at least 4 members (excludes halogenated alkanes) is 5. The van der Waals surface area contributed by atoms with Crippen LogP contribution in [0.3, 0.4) is 0 Å². The molecule has 0 fully saturated rings. The van der Waals surface area contributed by atoms with Gasteiger partial charge in [0.25, 0.3) is 10.1 Å². The number of nitrogens with zero attached hydrogens (tertiary/aromatic N) is 1. The summed E-state index contributed by atoms with van der Waals surface area (Å²) in [6.45, 7) is 2.45. The van der Waals surface area contributed by atoms with Crippen LogP contribution < -0.4 is 56.5 Å². The fourth-order valence-electron chi connectivity index (χ4n) is 1.51. The van der Waals surface area contributed by atoms with E-state index in [0.717, 1.165) is 12.8 Å². The van der Waals surface area contributed by atoms with Crippen LogP contribution in [0, 0.1) is 0 Å². The molecule has 1 N–H and O–H groups in total. The van der Waals surface area contributed by atoms with E-state index in [1.807, 2.05) is 6.08 Å². The van der Waals surface area contributed by atoms with Crippen LogP contribution in [0.25, 0.3) is 0 Å². The zero-order chi connectivity index (χ0) is 14.6. The minimum Gasteiger partial charge on any atom is -0.859 e. The first-order chi connectivity index (χ1) is 8.95. The zero-order valence-corrected chi connectivity index (χ0v) is 16.5. The van der Waals surface area contributed by atoms with Crippen LogP contribution in [0.5, 0.6) is 0 Å². The van der Waals surface area contributed by atoms with Crippen LogP contribution in [0.2, 0.25) is 0 Å². The SMILES string of the molecule is CCCCCC/C=C/C([O-])=NCCCCS(=O)(=O)O.[K+]. The molecule has 0 atom stereocenters. The van der Waals surface area contributed by atoms with Gasteiger partial charge >= 0.3 is 51.4 Å². The van der Waals surface area contributed by atoms with Gasteiger partial charge in [-0.1, -0.05) is 38.3 Å². The van der Waals surface area contributed by atoms with E-state index in [1.54, 1.807) is 0 Å². The Hall–Kier alpha value is 0.756. The van der Waals surface area contributed by atoms with E-state index in [-0.39, 0.29) is 63.0 Å². The van der Waals surface area contributed by atoms with Crippen molar-refractivity contribution in [1.29, 1.82) is 0 Å². The maximum absolute atomic E-state index is 11.3. The minimum atomic E-state index is -3.89. The number of hydrogen-bond donors (Lipinski definition) is 1. The van der Waals surface area contributed by atoms with Crippen molar-refractivity contribution in [3.05, 3.63) is 12.2 Å². The largest absolute Gasteiger partial charge is 1.00 e. The standard InChI is InChI=1S/C13H25NO4S.K/c1-2-3-4-5-6-7-10-13(15)14-11-8-9-12-19(16,17)18;/h7,10H,2-6,8-9,11-12H2,1H3,(H,14,15)(H,16,17,18);/q;+1/p-1/b10-7+;. The maximum atomic E-state index is 11.3. The minimum absolute atomic E-state index is 0. The first-order valence-electron chi connectivity index (χ1n) is 6.79. The number of aliphatic imine (C=N–C) groups is 1. The second-order valence-electron chi connectivity index (χ2n) is 4.46. The second kappa shape index (κ2) is 14.7. The van der Waals surface area contributed by atoms with Crippen LogP contribution in [0.1, 0.15) is 51.9 Å². The van der Waals surface area contributed by atoms with Gasteiger partial charge in [0.2, 0.25) is 0 Å². The van der Waals surface area contributed by atoms with Gasteiger partial charge in [-0.25, -0.2) is 0 Å². The monoisotopic (exact) mass is 329 g/mol. The molecule has 20 heavy (non-hydrogen) atoms. The van der Waals surface area contributed by atoms with Crippen LogP contribution in [-0.2, 0) is 10.1 Å². The third-order valence-electron chi connectivity index (χ3n) is 2.56. The molecule has 5 nitrogen and oxygen atoms in total. The summed E-state index contributed by atoms with van der Waals surface area (Å²) in [5, 5.41) is 11.3. The second-order valence-corrected chi connectivity index (χ2v) is 6.04. The summed E-state index contributed by atoms with van der Waals surface area (Å²) < 4.78 is 29.3. The third-order valence-corrected chi connectivity index (χ3v) is 3.37. The van der Waals surface area contributed by atoms with Gasteiger partial charge in [-0.05, 0) is 31.6 Å². The molecule has 0 rings (SSSR count). The maximum Gasteiger partial charge on any atom is 1.00 e. The van der Waals surface area contributed by atoms with E-state index in [0.29, 0.717) is 19.4 Å². The molecule has 0 saturated carbocycles. The van der Waals surface area contributed by atoms with Gasteiger partial charge in [0, 0.05) is 6.54 Å². The predicted molar refractivity (Wildman–Crippen MR) is 75.9 cm³/mol. The molecular formula is C13H24KNO4S. The molecule has 0 heterocycles. The van der Waals surface area contributed by atoms with Crippen molar-refractivity contribution in [2.75, 3.05) is 12.3 Å². The van der Waals surface area contributed by atoms with Gasteiger partial charge in [-0.2, -0.15) is 8.42 Å². The van der Waals surface area contributed by atoms with Crippen molar-refractivity contribution in [2.45, 2.75) is 51.9 Å². The van der Waals surface area contributed by atoms with Gasteiger partial charge in [0.1, 0.15) is 0 Å². The molecule has 0 amide bonds. The molecule has 0 unspecified atom stereocenters. The number of rotatable bonds is 11. The van der Waals surface area contributed by atoms with Crippen LogP contribution >= 0.6 is 0 Å². The third kappa shape index (κ3) is 18.8. The van der Waals surface area contributed by atoms with Crippen molar-refractivity contribution in [1.82, 2.24) is 0 Å². The van der Waals surface area contributed by atoms with Crippen LogP contribution in [0.15, 0.2) is 17.1 Å². The predicted octanol–water partition coefficient (Wildman–Crippen LogP) is -1.06. The van der Waals surface area contributed by atoms with Gasteiger partial charge in [0.05, 0.1) is 5.75 Å². The van der Waals surface area contributed by atoms with Gasteiger partial charge < -0.3 is 10.1 Å². The smallest absolute Gasteiger partial charge is 0.859 e. The molecule has 0 aliphatic rings. The Morgan fingerprint density at radius 2 is 1.90 bits per heavy atom. The average molecular weight is 330 g/mol. The Labute approximate surface area is 165 Å². The first-order valence-corrected chi connectivity index (χ1v) is 8.40. The summed E-state index contributed by atoms with van der Waals surface area (Å²) in [7, 11) is -3.89. The fourth-order valence-corrected chi connectivity index (χ4v) is 2.08. The van der Waals surface area contributed by atoms with Crippen molar-refractivity contribution >= 4 is 16.0 Å². The summed E-state index contributed by atoms with van der Waals surface area (Å²) in [6.07, 6.45) is 9.68. The van der Waals surface area contributed by atoms with Gasteiger partial charge in [0.15, 0.2) is 0 Å². The summed E-state index contributed by atoms with van der Waals surface area (Å²) in [5.74, 6) is -0.549. The molecule has 0 aromatic rings. The molecule has 0 bridgehead atoms. The Morgan fingerprint density at radius 3 is 2.50 bits per heavy atom. The van der Waals surface area contributed by atoms with E-state index in [1.165, 1.54) is 25.3 Å². The van der Waals surface area contributed by atoms with E-state index < -0.39 is 10.1 Å². The number of hydrogen-bond acceptors (Lipinski definition) is 4. The van der Waals surface area contributed by atoms with E-state index >= 15 is 0 Å². The van der Waals surface area contributed by atoms with Crippen molar-refractivity contribution in [3.8, 4) is 0 Å². The van der Waals surface area contributed by atoms with Crippen LogP contribution in [0.4, 0.5) is 0 Å². The Morgan fingerprint density at radius 1 is 1.20 bits per heavy atom. The van der Waals surface area contributed by atoms with Crippen molar-refractivity contribution in [3.63, 3.8) is 0 Å². The summed E-state index contributed by atoms with van der Waals surface area (Å²) in [6, 6.07) is 0. The number of allylic oxidation sites excluding steroid dienone is 1. The van der Waals surface area contributed by atoms with Crippen molar-refractivity contribution < 1.29 is 69.5 Å². The summed E-state index contributed by atoms with van der Waals surface area (Å²) >= 11 is 0. The Kier molecular flexibility index (Phi) is 16.9. The quantitative estimate of drug-likeness (QED) is 0.172. The normalized spacial score (nSPS) is 12.6. The molecular weight excluding hydrogens is 305 g/mol. The topological polar surface area (TPSA) is 89.8 Å². The molecule has 0 radical (unpaired) electrons. The molecule has 0 saturated heterocycles. The molecule has 0 spiro atoms. The summed E-state index contributed by atoms with van der Waals surface area (Å²) in [4.78, 5) is 3.78. The molecule has 112 valence electrons. The Bertz CT molecular complexity index is 380. The molecule has 0 aliphatic heterocycles. The molecule has 0 aromatic carbocycles. The molecule has 0 aromatic heterocycles. The zero-order valence-electron chi connectivity index (χ0n) is 12.5. The first kappa shape index (κ1) is 23.0. The molecule has 0 aliphatic carbocycles. The van der Waals surface area contributed by atoms with E-state index in [4.69, 9.17) is 4.55 Å². The molecule has 7 heteroatoms. The van der Waals surface area contributed by atoms with E-state index in [2.05, 4.69) is 11.9 Å².